The number of halogens is 2. The third kappa shape index (κ3) is 7.72. The molecule has 0 atom stereocenters. The van der Waals surface area contributed by atoms with Gasteiger partial charge in [0.05, 0.1) is 11.7 Å². The largest absolute Gasteiger partial charge is 0.491 e. The Hall–Kier alpha value is -1.12. The summed E-state index contributed by atoms with van der Waals surface area (Å²) >= 11 is 0. The number of rotatable bonds is 3. The maximum Gasteiger partial charge on any atom is 0.267 e. The zero-order valence-electron chi connectivity index (χ0n) is 11.6. The second kappa shape index (κ2) is 11.4. The van der Waals surface area contributed by atoms with Gasteiger partial charge in [0.2, 0.25) is 0 Å². The number of hydrogen-bond donors (Lipinski definition) is 0. The molecule has 100 valence electrons. The Balaban J connectivity index is 0. The Morgan fingerprint density at radius 3 is 1.82 bits per heavy atom. The topological polar surface area (TPSA) is 9.23 Å². The molecular formula is C14H24F2O. The van der Waals surface area contributed by atoms with Crippen LogP contribution in [0.25, 0.3) is 0 Å². The summed E-state index contributed by atoms with van der Waals surface area (Å²) in [5.74, 6) is 0.271. The molecule has 0 N–H and O–H groups in total. The first-order valence-electron chi connectivity index (χ1n) is 6.15. The Bertz CT molecular complexity index is 273. The van der Waals surface area contributed by atoms with Gasteiger partial charge in [0.1, 0.15) is 5.75 Å². The first-order valence-corrected chi connectivity index (χ1v) is 6.15. The summed E-state index contributed by atoms with van der Waals surface area (Å²) in [6, 6.07) is 6.20. The van der Waals surface area contributed by atoms with Gasteiger partial charge in [-0.1, -0.05) is 39.8 Å². The highest BCUT2D eigenvalue weighted by molar-refractivity contribution is 5.34. The predicted octanol–water partition coefficient (Wildman–Crippen LogP) is 5.46. The third-order valence-electron chi connectivity index (χ3n) is 1.52. The van der Waals surface area contributed by atoms with E-state index < -0.39 is 6.43 Å². The first kappa shape index (κ1) is 18.3. The number of benzene rings is 1. The van der Waals surface area contributed by atoms with Crippen LogP contribution >= 0.6 is 0 Å². The molecule has 3 heteroatoms. The highest BCUT2D eigenvalue weighted by Gasteiger charge is 2.13. The third-order valence-corrected chi connectivity index (χ3v) is 1.52. The fourth-order valence-electron chi connectivity index (χ4n) is 1.02. The Kier molecular flexibility index (Phi) is 12.2. The highest BCUT2D eigenvalue weighted by Crippen LogP contribution is 2.28. The van der Waals surface area contributed by atoms with Crippen LogP contribution in [0.5, 0.6) is 5.75 Å². The van der Waals surface area contributed by atoms with Crippen molar-refractivity contribution in [3.05, 3.63) is 29.8 Å². The van der Waals surface area contributed by atoms with E-state index in [1.807, 2.05) is 41.5 Å². The summed E-state index contributed by atoms with van der Waals surface area (Å²) in [6.07, 6.45) is -2.56. The number of ether oxygens (including phenoxy) is 1. The van der Waals surface area contributed by atoms with Crippen molar-refractivity contribution < 1.29 is 13.5 Å². The SMILES string of the molecule is CC.CC.CC(C)Oc1ccccc1C(F)F. The molecule has 1 aromatic rings. The fourth-order valence-corrected chi connectivity index (χ4v) is 1.02. The number of alkyl halides is 2. The van der Waals surface area contributed by atoms with Crippen molar-refractivity contribution in [1.82, 2.24) is 0 Å². The average Bonchev–Trinajstić information content (AvgIpc) is 2.34. The average molecular weight is 246 g/mol. The minimum Gasteiger partial charge on any atom is -0.491 e. The van der Waals surface area contributed by atoms with Crippen LogP contribution in [-0.4, -0.2) is 6.10 Å². The molecule has 0 saturated heterocycles. The molecule has 0 unspecified atom stereocenters. The van der Waals surface area contributed by atoms with E-state index in [-0.39, 0.29) is 17.4 Å². The second-order valence-corrected chi connectivity index (χ2v) is 3.01. The molecule has 0 saturated carbocycles. The van der Waals surface area contributed by atoms with E-state index in [0.717, 1.165) is 0 Å². The molecule has 17 heavy (non-hydrogen) atoms. The van der Waals surface area contributed by atoms with Gasteiger partial charge in [0, 0.05) is 0 Å². The Labute approximate surface area is 104 Å². The zero-order valence-corrected chi connectivity index (χ0v) is 11.6. The van der Waals surface area contributed by atoms with Gasteiger partial charge in [-0.05, 0) is 26.0 Å². The number of para-hydroxylation sites is 1. The predicted molar refractivity (Wildman–Crippen MR) is 69.9 cm³/mol. The molecule has 0 fully saturated rings. The van der Waals surface area contributed by atoms with Gasteiger partial charge in [-0.25, -0.2) is 8.78 Å². The maximum atomic E-state index is 12.4. The zero-order chi connectivity index (χ0) is 13.8. The van der Waals surface area contributed by atoms with Crippen molar-refractivity contribution in [3.8, 4) is 5.75 Å². The van der Waals surface area contributed by atoms with Crippen molar-refractivity contribution >= 4 is 0 Å². The minimum absolute atomic E-state index is 0.0452. The minimum atomic E-state index is -2.48. The van der Waals surface area contributed by atoms with Crippen LogP contribution in [0.3, 0.4) is 0 Å². The van der Waals surface area contributed by atoms with Crippen LogP contribution in [0.15, 0.2) is 24.3 Å². The van der Waals surface area contributed by atoms with E-state index in [9.17, 15) is 8.78 Å². The van der Waals surface area contributed by atoms with Gasteiger partial charge >= 0.3 is 0 Å². The Morgan fingerprint density at radius 2 is 1.41 bits per heavy atom. The molecule has 0 bridgehead atoms. The van der Waals surface area contributed by atoms with Gasteiger partial charge < -0.3 is 4.74 Å². The lowest BCUT2D eigenvalue weighted by atomic mass is 10.2. The van der Waals surface area contributed by atoms with Crippen molar-refractivity contribution in [2.75, 3.05) is 0 Å². The van der Waals surface area contributed by atoms with E-state index in [1.54, 1.807) is 18.2 Å². The molecule has 0 aromatic heterocycles. The fraction of sp³-hybridized carbons (Fsp3) is 0.571. The van der Waals surface area contributed by atoms with E-state index in [2.05, 4.69) is 0 Å². The lowest BCUT2D eigenvalue weighted by Gasteiger charge is -2.13. The van der Waals surface area contributed by atoms with E-state index in [1.165, 1.54) is 6.07 Å². The summed E-state index contributed by atoms with van der Waals surface area (Å²) in [7, 11) is 0. The maximum absolute atomic E-state index is 12.4. The van der Waals surface area contributed by atoms with Crippen LogP contribution in [0.1, 0.15) is 53.5 Å². The van der Waals surface area contributed by atoms with Crippen LogP contribution in [0.4, 0.5) is 8.78 Å². The molecule has 0 radical (unpaired) electrons. The van der Waals surface area contributed by atoms with Crippen LogP contribution < -0.4 is 4.74 Å². The molecule has 0 amide bonds. The van der Waals surface area contributed by atoms with Crippen molar-refractivity contribution in [1.29, 1.82) is 0 Å². The van der Waals surface area contributed by atoms with E-state index in [4.69, 9.17) is 4.74 Å². The molecule has 1 nitrogen and oxygen atoms in total. The van der Waals surface area contributed by atoms with Gasteiger partial charge in [-0.2, -0.15) is 0 Å². The van der Waals surface area contributed by atoms with Gasteiger partial charge in [-0.3, -0.25) is 0 Å². The van der Waals surface area contributed by atoms with Gasteiger partial charge in [0.25, 0.3) is 6.43 Å². The monoisotopic (exact) mass is 246 g/mol. The number of hydrogen-bond acceptors (Lipinski definition) is 1. The summed E-state index contributed by atoms with van der Waals surface area (Å²) in [5.41, 5.74) is -0.0452. The van der Waals surface area contributed by atoms with E-state index >= 15 is 0 Å². The molecule has 0 aliphatic carbocycles. The molecule has 0 aliphatic rings. The van der Waals surface area contributed by atoms with Crippen molar-refractivity contribution in [3.63, 3.8) is 0 Å². The lowest BCUT2D eigenvalue weighted by molar-refractivity contribution is 0.141. The highest BCUT2D eigenvalue weighted by atomic mass is 19.3. The molecule has 0 aliphatic heterocycles. The standard InChI is InChI=1S/C10H12F2O.2C2H6/c1-7(2)13-9-6-4-3-5-8(9)10(11)12;2*1-2/h3-7,10H,1-2H3;2*1-2H3. The first-order chi connectivity index (χ1) is 8.11. The summed E-state index contributed by atoms with van der Waals surface area (Å²) < 4.78 is 30.0. The smallest absolute Gasteiger partial charge is 0.267 e. The summed E-state index contributed by atoms with van der Waals surface area (Å²) in [5, 5.41) is 0. The second-order valence-electron chi connectivity index (χ2n) is 3.01. The van der Waals surface area contributed by atoms with Crippen LogP contribution in [0, 0.1) is 0 Å². The molecular weight excluding hydrogens is 222 g/mol. The van der Waals surface area contributed by atoms with Crippen LogP contribution in [0.2, 0.25) is 0 Å². The van der Waals surface area contributed by atoms with Gasteiger partial charge in [-0.15, -0.1) is 0 Å². The normalized spacial score (nSPS) is 9.06. The Morgan fingerprint density at radius 1 is 0.941 bits per heavy atom. The quantitative estimate of drug-likeness (QED) is 0.687. The molecule has 1 rings (SSSR count). The van der Waals surface area contributed by atoms with Crippen LogP contribution in [-0.2, 0) is 0 Å². The molecule has 1 aromatic carbocycles. The van der Waals surface area contributed by atoms with Gasteiger partial charge in [0.15, 0.2) is 0 Å². The van der Waals surface area contributed by atoms with Crippen molar-refractivity contribution in [2.45, 2.75) is 54.1 Å². The summed E-state index contributed by atoms with van der Waals surface area (Å²) in [4.78, 5) is 0. The van der Waals surface area contributed by atoms with Crippen molar-refractivity contribution in [2.24, 2.45) is 0 Å². The lowest BCUT2D eigenvalue weighted by Crippen LogP contribution is -2.07. The van der Waals surface area contributed by atoms with E-state index in [0.29, 0.717) is 0 Å². The molecule has 0 spiro atoms. The molecule has 0 heterocycles. The summed E-state index contributed by atoms with van der Waals surface area (Å²) in [6.45, 7) is 11.6.